The van der Waals surface area contributed by atoms with Crippen LogP contribution in [0.5, 0.6) is 0 Å². The molecular weight excluding hydrogens is 424 g/mol. The molecule has 0 unspecified atom stereocenters. The van der Waals surface area contributed by atoms with E-state index in [1.54, 1.807) is 4.90 Å². The maximum Gasteiger partial charge on any atom is 0.290 e. The lowest BCUT2D eigenvalue weighted by Gasteiger charge is -2.45. The van der Waals surface area contributed by atoms with Crippen molar-refractivity contribution in [3.63, 3.8) is 0 Å². The summed E-state index contributed by atoms with van der Waals surface area (Å²) in [5.74, 6) is 0.698. The first-order chi connectivity index (χ1) is 16.4. The molecule has 2 heterocycles. The number of fused-ring (bicyclic) bond motifs is 3. The number of rotatable bonds is 5. The number of hydrogen-bond donors (Lipinski definition) is 1. The lowest BCUT2D eigenvalue weighted by molar-refractivity contribution is -0.134. The van der Waals surface area contributed by atoms with Gasteiger partial charge < -0.3 is 14.8 Å². The molecule has 4 atom stereocenters. The minimum absolute atomic E-state index is 0.0664. The second-order valence-corrected chi connectivity index (χ2v) is 10.4. The van der Waals surface area contributed by atoms with Crippen molar-refractivity contribution in [2.24, 2.45) is 5.92 Å². The van der Waals surface area contributed by atoms with Crippen LogP contribution in [-0.4, -0.2) is 44.4 Å². The van der Waals surface area contributed by atoms with Gasteiger partial charge in [0.25, 0.3) is 5.91 Å². The summed E-state index contributed by atoms with van der Waals surface area (Å²) >= 11 is 0. The van der Waals surface area contributed by atoms with Gasteiger partial charge in [-0.2, -0.15) is 0 Å². The Balaban J connectivity index is 1.52. The van der Waals surface area contributed by atoms with E-state index in [-0.39, 0.29) is 23.8 Å². The minimum Gasteiger partial charge on any atom is -0.351 e. The molecule has 0 spiro atoms. The quantitative estimate of drug-likeness (QED) is 0.600. The van der Waals surface area contributed by atoms with Crippen LogP contribution in [0.4, 0.5) is 0 Å². The molecule has 5 rings (SSSR count). The van der Waals surface area contributed by atoms with Crippen molar-refractivity contribution in [3.05, 3.63) is 66.0 Å². The minimum atomic E-state index is -1.01. The number of benzene rings is 2. The van der Waals surface area contributed by atoms with Gasteiger partial charge in [0.15, 0.2) is 5.82 Å². The van der Waals surface area contributed by atoms with Crippen molar-refractivity contribution in [3.8, 4) is 0 Å². The Morgan fingerprint density at radius 2 is 1.82 bits per heavy atom. The highest BCUT2D eigenvalue weighted by Crippen LogP contribution is 2.33. The lowest BCUT2D eigenvalue weighted by atomic mass is 9.84. The van der Waals surface area contributed by atoms with E-state index in [4.69, 9.17) is 0 Å². The summed E-state index contributed by atoms with van der Waals surface area (Å²) < 4.78 is 1.94. The molecule has 2 aliphatic rings. The SMILES string of the molecule is C[C@H](CN1C(=O)c2nc3ccccc3n2C[C@]1(C)C(=O)N[C@H]1CCCC[C@H]1C)c1ccccc1. The number of imidazole rings is 1. The Kier molecular flexibility index (Phi) is 5.92. The van der Waals surface area contributed by atoms with Crippen LogP contribution in [0.1, 0.15) is 68.6 Å². The van der Waals surface area contributed by atoms with E-state index in [9.17, 15) is 9.59 Å². The molecule has 6 nitrogen and oxygen atoms in total. The van der Waals surface area contributed by atoms with Gasteiger partial charge in [0.1, 0.15) is 5.54 Å². The topological polar surface area (TPSA) is 67.2 Å². The average Bonchev–Trinajstić information content (AvgIpc) is 3.22. The van der Waals surface area contributed by atoms with Crippen LogP contribution >= 0.6 is 0 Å². The van der Waals surface area contributed by atoms with E-state index in [1.807, 2.05) is 54.0 Å². The van der Waals surface area contributed by atoms with Gasteiger partial charge in [-0.3, -0.25) is 9.59 Å². The summed E-state index contributed by atoms with van der Waals surface area (Å²) in [6, 6.07) is 18.1. The number of amides is 2. The Labute approximate surface area is 201 Å². The van der Waals surface area contributed by atoms with E-state index < -0.39 is 5.54 Å². The Bertz CT molecular complexity index is 1200. The molecule has 3 aromatic rings. The molecule has 1 aromatic heterocycles. The van der Waals surface area contributed by atoms with E-state index in [0.717, 1.165) is 35.9 Å². The summed E-state index contributed by atoms with van der Waals surface area (Å²) in [4.78, 5) is 34.3. The fourth-order valence-corrected chi connectivity index (χ4v) is 5.63. The van der Waals surface area contributed by atoms with Crippen molar-refractivity contribution in [2.45, 2.75) is 70.5 Å². The monoisotopic (exact) mass is 458 g/mol. The van der Waals surface area contributed by atoms with Crippen LogP contribution in [0.25, 0.3) is 11.0 Å². The van der Waals surface area contributed by atoms with Gasteiger partial charge >= 0.3 is 0 Å². The molecule has 1 N–H and O–H groups in total. The van der Waals surface area contributed by atoms with Gasteiger partial charge in [0.2, 0.25) is 5.91 Å². The predicted octanol–water partition coefficient (Wildman–Crippen LogP) is 4.75. The maximum atomic E-state index is 13.9. The first-order valence-electron chi connectivity index (χ1n) is 12.5. The van der Waals surface area contributed by atoms with E-state index in [2.05, 4.69) is 36.3 Å². The van der Waals surface area contributed by atoms with Crippen molar-refractivity contribution >= 4 is 22.8 Å². The zero-order chi connectivity index (χ0) is 23.9. The number of aromatic nitrogens is 2. The summed E-state index contributed by atoms with van der Waals surface area (Å²) in [5.41, 5.74) is 1.82. The summed E-state index contributed by atoms with van der Waals surface area (Å²) in [5, 5.41) is 3.35. The zero-order valence-corrected chi connectivity index (χ0v) is 20.3. The molecule has 1 aliphatic carbocycles. The van der Waals surface area contributed by atoms with Gasteiger partial charge in [0.05, 0.1) is 17.6 Å². The Morgan fingerprint density at radius 1 is 1.12 bits per heavy atom. The third-order valence-corrected chi connectivity index (χ3v) is 7.89. The molecule has 2 aromatic carbocycles. The largest absolute Gasteiger partial charge is 0.351 e. The number of carbonyl (C=O) groups is 2. The normalized spacial score (nSPS) is 25.7. The molecule has 178 valence electrons. The third-order valence-electron chi connectivity index (χ3n) is 7.89. The van der Waals surface area contributed by atoms with E-state index in [0.29, 0.717) is 24.8 Å². The molecular formula is C28H34N4O2. The van der Waals surface area contributed by atoms with Crippen LogP contribution in [-0.2, 0) is 11.3 Å². The number of para-hydroxylation sites is 2. The molecule has 34 heavy (non-hydrogen) atoms. The molecule has 0 saturated heterocycles. The first-order valence-corrected chi connectivity index (χ1v) is 12.5. The second-order valence-electron chi connectivity index (χ2n) is 10.4. The van der Waals surface area contributed by atoms with Gasteiger partial charge in [-0.05, 0) is 49.3 Å². The number of carbonyl (C=O) groups excluding carboxylic acids is 2. The molecule has 1 aliphatic heterocycles. The molecule has 6 heteroatoms. The highest BCUT2D eigenvalue weighted by molar-refractivity contribution is 6.01. The van der Waals surface area contributed by atoms with E-state index in [1.165, 1.54) is 6.42 Å². The van der Waals surface area contributed by atoms with Gasteiger partial charge in [-0.25, -0.2) is 4.98 Å². The van der Waals surface area contributed by atoms with Gasteiger partial charge in [0, 0.05) is 12.6 Å². The molecule has 0 radical (unpaired) electrons. The highest BCUT2D eigenvalue weighted by atomic mass is 16.2. The second kappa shape index (κ2) is 8.90. The highest BCUT2D eigenvalue weighted by Gasteiger charge is 2.49. The van der Waals surface area contributed by atoms with Crippen LogP contribution < -0.4 is 5.32 Å². The maximum absolute atomic E-state index is 13.9. The van der Waals surface area contributed by atoms with Crippen LogP contribution in [0, 0.1) is 5.92 Å². The number of hydrogen-bond acceptors (Lipinski definition) is 3. The van der Waals surface area contributed by atoms with Crippen LogP contribution in [0.2, 0.25) is 0 Å². The smallest absolute Gasteiger partial charge is 0.290 e. The molecule has 2 amide bonds. The zero-order valence-electron chi connectivity index (χ0n) is 20.3. The summed E-state index contributed by atoms with van der Waals surface area (Å²) in [6.45, 7) is 7.10. The standard InChI is InChI=1S/C28H34N4O2/c1-19-11-7-8-14-22(19)30-27(34)28(3)18-31-24-16-10-9-15-23(24)29-25(31)26(33)32(28)17-20(2)21-12-5-4-6-13-21/h4-6,9-10,12-13,15-16,19-20,22H,7-8,11,14,17-18H2,1-3H3,(H,30,34)/t19-,20-,22+,28-/m1/s1. The van der Waals surface area contributed by atoms with Crippen molar-refractivity contribution < 1.29 is 9.59 Å². The van der Waals surface area contributed by atoms with Gasteiger partial charge in [-0.15, -0.1) is 0 Å². The predicted molar refractivity (Wildman–Crippen MR) is 134 cm³/mol. The molecule has 1 fully saturated rings. The van der Waals surface area contributed by atoms with Crippen molar-refractivity contribution in [1.82, 2.24) is 19.8 Å². The first kappa shape index (κ1) is 22.6. The van der Waals surface area contributed by atoms with E-state index >= 15 is 0 Å². The van der Waals surface area contributed by atoms with Gasteiger partial charge in [-0.1, -0.05) is 69.2 Å². The number of nitrogens with zero attached hydrogens (tertiary/aromatic N) is 3. The summed E-state index contributed by atoms with van der Waals surface area (Å²) in [7, 11) is 0. The Hall–Kier alpha value is -3.15. The van der Waals surface area contributed by atoms with Crippen LogP contribution in [0.15, 0.2) is 54.6 Å². The van der Waals surface area contributed by atoms with Crippen LogP contribution in [0.3, 0.4) is 0 Å². The van der Waals surface area contributed by atoms with Crippen molar-refractivity contribution in [2.75, 3.05) is 6.54 Å². The fourth-order valence-electron chi connectivity index (χ4n) is 5.63. The molecule has 0 bridgehead atoms. The van der Waals surface area contributed by atoms with Crippen molar-refractivity contribution in [1.29, 1.82) is 0 Å². The Morgan fingerprint density at radius 3 is 2.59 bits per heavy atom. The lowest BCUT2D eigenvalue weighted by Crippen LogP contribution is -2.66. The average molecular weight is 459 g/mol. The molecule has 1 saturated carbocycles. The number of nitrogens with one attached hydrogen (secondary N) is 1. The fraction of sp³-hybridized carbons (Fsp3) is 0.464. The third kappa shape index (κ3) is 3.89. The summed E-state index contributed by atoms with van der Waals surface area (Å²) in [6.07, 6.45) is 4.48.